The van der Waals surface area contributed by atoms with E-state index in [0.717, 1.165) is 24.6 Å². The summed E-state index contributed by atoms with van der Waals surface area (Å²) in [5.41, 5.74) is 0.354. The third-order valence-corrected chi connectivity index (χ3v) is 5.57. The smallest absolute Gasteiger partial charge is 0.0363 e. The van der Waals surface area contributed by atoms with Crippen molar-refractivity contribution in [3.05, 3.63) is 0 Å². The summed E-state index contributed by atoms with van der Waals surface area (Å²) >= 11 is 0. The lowest BCUT2D eigenvalue weighted by Gasteiger charge is -2.43. The summed E-state index contributed by atoms with van der Waals surface area (Å²) in [5, 5.41) is 0. The summed E-state index contributed by atoms with van der Waals surface area (Å²) in [4.78, 5) is 2.61. The number of unbranched alkanes of at least 4 members (excludes halogenated alkanes) is 3. The molecule has 1 unspecified atom stereocenters. The number of hydrogen-bond donors (Lipinski definition) is 0. The van der Waals surface area contributed by atoms with Gasteiger partial charge < -0.3 is 0 Å². The highest BCUT2D eigenvalue weighted by Gasteiger charge is 2.32. The molecule has 0 N–H and O–H groups in total. The van der Waals surface area contributed by atoms with Gasteiger partial charge in [-0.1, -0.05) is 46.0 Å². The van der Waals surface area contributed by atoms with Gasteiger partial charge in [0.2, 0.25) is 0 Å². The van der Waals surface area contributed by atoms with Crippen molar-refractivity contribution in [3.8, 4) is 0 Å². The molecule has 0 aromatic carbocycles. The van der Waals surface area contributed by atoms with Crippen LogP contribution in [0.1, 0.15) is 65.7 Å². The monoisotopic (exact) mass is 273 g/mol. The van der Waals surface area contributed by atoms with E-state index in [1.807, 2.05) is 0 Å². The molecule has 0 aromatic rings. The second-order valence-corrected chi connectivity index (χ2v) is 7.59. The average molecular weight is 273 g/mol. The molecule has 1 rings (SSSR count). The standard InChI is InChI=1S/C15H31NOS/c1-4-6-7-8-10-15(3,9-5-2)16-11-13-18(17)14-12-16/h4-14H2,1-3H3. The third-order valence-electron chi connectivity index (χ3n) is 4.30. The molecule has 108 valence electrons. The van der Waals surface area contributed by atoms with Crippen LogP contribution in [0.5, 0.6) is 0 Å². The molecular formula is C15H31NOS. The maximum Gasteiger partial charge on any atom is 0.0363 e. The maximum absolute atomic E-state index is 11.5. The fourth-order valence-corrected chi connectivity index (χ4v) is 4.14. The Balaban J connectivity index is 2.47. The van der Waals surface area contributed by atoms with Crippen molar-refractivity contribution in [2.75, 3.05) is 24.6 Å². The van der Waals surface area contributed by atoms with Crippen molar-refractivity contribution in [1.82, 2.24) is 4.90 Å². The Morgan fingerprint density at radius 2 is 1.67 bits per heavy atom. The highest BCUT2D eigenvalue weighted by molar-refractivity contribution is 7.85. The molecule has 3 heteroatoms. The van der Waals surface area contributed by atoms with Crippen LogP contribution >= 0.6 is 0 Å². The quantitative estimate of drug-likeness (QED) is 0.630. The minimum Gasteiger partial charge on any atom is -0.296 e. The van der Waals surface area contributed by atoms with Crippen LogP contribution in [0.4, 0.5) is 0 Å². The Morgan fingerprint density at radius 1 is 1.00 bits per heavy atom. The zero-order chi connectivity index (χ0) is 13.4. The summed E-state index contributed by atoms with van der Waals surface area (Å²) in [6.45, 7) is 9.06. The first-order valence-electron chi connectivity index (χ1n) is 7.72. The van der Waals surface area contributed by atoms with Gasteiger partial charge in [-0.3, -0.25) is 9.11 Å². The number of nitrogens with zero attached hydrogens (tertiary/aromatic N) is 1. The molecule has 0 aromatic heterocycles. The Bertz CT molecular complexity index is 247. The minimum atomic E-state index is -0.550. The predicted molar refractivity (Wildman–Crippen MR) is 81.5 cm³/mol. The Kier molecular flexibility index (Phi) is 7.47. The minimum absolute atomic E-state index is 0.354. The lowest BCUT2D eigenvalue weighted by Crippen LogP contribution is -2.52. The molecule has 1 atom stereocenters. The van der Waals surface area contributed by atoms with Crippen LogP contribution in [-0.2, 0) is 10.8 Å². The Morgan fingerprint density at radius 3 is 2.22 bits per heavy atom. The second-order valence-electron chi connectivity index (χ2n) is 5.89. The van der Waals surface area contributed by atoms with Crippen LogP contribution in [0.25, 0.3) is 0 Å². The highest BCUT2D eigenvalue weighted by atomic mass is 32.2. The molecule has 0 amide bonds. The Labute approximate surface area is 116 Å². The van der Waals surface area contributed by atoms with Crippen molar-refractivity contribution in [1.29, 1.82) is 0 Å². The van der Waals surface area contributed by atoms with E-state index in [1.165, 1.54) is 44.9 Å². The van der Waals surface area contributed by atoms with E-state index in [9.17, 15) is 4.21 Å². The number of hydrogen-bond acceptors (Lipinski definition) is 2. The van der Waals surface area contributed by atoms with Crippen LogP contribution in [0, 0.1) is 0 Å². The zero-order valence-corrected chi connectivity index (χ0v) is 13.4. The van der Waals surface area contributed by atoms with Crippen molar-refractivity contribution in [2.45, 2.75) is 71.3 Å². The molecular weight excluding hydrogens is 242 g/mol. The molecule has 0 saturated carbocycles. The maximum atomic E-state index is 11.5. The molecule has 0 radical (unpaired) electrons. The van der Waals surface area contributed by atoms with E-state index in [1.54, 1.807) is 0 Å². The molecule has 1 fully saturated rings. The molecule has 1 saturated heterocycles. The van der Waals surface area contributed by atoms with Gasteiger partial charge in [0.05, 0.1) is 0 Å². The fourth-order valence-electron chi connectivity index (χ4n) is 3.09. The van der Waals surface area contributed by atoms with Crippen molar-refractivity contribution in [3.63, 3.8) is 0 Å². The van der Waals surface area contributed by atoms with E-state index in [4.69, 9.17) is 0 Å². The van der Waals surface area contributed by atoms with Gasteiger partial charge in [0.25, 0.3) is 0 Å². The lowest BCUT2D eigenvalue weighted by atomic mass is 9.87. The van der Waals surface area contributed by atoms with Crippen LogP contribution in [-0.4, -0.2) is 39.2 Å². The van der Waals surface area contributed by atoms with Gasteiger partial charge in [0, 0.05) is 40.9 Å². The molecule has 0 bridgehead atoms. The van der Waals surface area contributed by atoms with Crippen LogP contribution in [0.2, 0.25) is 0 Å². The third kappa shape index (κ3) is 5.00. The fraction of sp³-hybridized carbons (Fsp3) is 1.00. The van der Waals surface area contributed by atoms with Crippen molar-refractivity contribution < 1.29 is 4.21 Å². The lowest BCUT2D eigenvalue weighted by molar-refractivity contribution is 0.0924. The number of rotatable bonds is 8. The van der Waals surface area contributed by atoms with Gasteiger partial charge in [0.15, 0.2) is 0 Å². The van der Waals surface area contributed by atoms with E-state index >= 15 is 0 Å². The van der Waals surface area contributed by atoms with Crippen LogP contribution in [0.3, 0.4) is 0 Å². The van der Waals surface area contributed by atoms with Gasteiger partial charge >= 0.3 is 0 Å². The topological polar surface area (TPSA) is 20.3 Å². The van der Waals surface area contributed by atoms with Crippen molar-refractivity contribution in [2.24, 2.45) is 0 Å². The van der Waals surface area contributed by atoms with Gasteiger partial charge in [-0.05, 0) is 19.8 Å². The largest absolute Gasteiger partial charge is 0.296 e. The summed E-state index contributed by atoms with van der Waals surface area (Å²) in [5.74, 6) is 1.77. The summed E-state index contributed by atoms with van der Waals surface area (Å²) < 4.78 is 11.5. The van der Waals surface area contributed by atoms with Crippen molar-refractivity contribution >= 4 is 10.8 Å². The SMILES string of the molecule is CCCCCCC(C)(CCC)N1CCS(=O)CC1. The zero-order valence-electron chi connectivity index (χ0n) is 12.5. The molecule has 2 nitrogen and oxygen atoms in total. The Hall–Kier alpha value is 0.110. The summed E-state index contributed by atoms with van der Waals surface area (Å²) in [6.07, 6.45) is 9.25. The first kappa shape index (κ1) is 16.2. The molecule has 1 aliphatic heterocycles. The first-order valence-corrected chi connectivity index (χ1v) is 9.21. The predicted octanol–water partition coefficient (Wildman–Crippen LogP) is 3.58. The van der Waals surface area contributed by atoms with E-state index in [2.05, 4.69) is 25.7 Å². The van der Waals surface area contributed by atoms with Crippen LogP contribution < -0.4 is 0 Å². The van der Waals surface area contributed by atoms with E-state index in [-0.39, 0.29) is 0 Å². The normalized spacial score (nSPS) is 21.9. The first-order chi connectivity index (χ1) is 8.62. The molecule has 0 spiro atoms. The van der Waals surface area contributed by atoms with Crippen LogP contribution in [0.15, 0.2) is 0 Å². The summed E-state index contributed by atoms with van der Waals surface area (Å²) in [7, 11) is -0.550. The van der Waals surface area contributed by atoms with Gasteiger partial charge in [-0.15, -0.1) is 0 Å². The second kappa shape index (κ2) is 8.31. The highest BCUT2D eigenvalue weighted by Crippen LogP contribution is 2.29. The summed E-state index contributed by atoms with van der Waals surface area (Å²) in [6, 6.07) is 0. The molecule has 1 aliphatic rings. The van der Waals surface area contributed by atoms with Gasteiger partial charge in [-0.2, -0.15) is 0 Å². The molecule has 1 heterocycles. The van der Waals surface area contributed by atoms with E-state index < -0.39 is 10.8 Å². The van der Waals surface area contributed by atoms with E-state index in [0.29, 0.717) is 5.54 Å². The van der Waals surface area contributed by atoms with Gasteiger partial charge in [0.1, 0.15) is 0 Å². The van der Waals surface area contributed by atoms with Gasteiger partial charge in [-0.25, -0.2) is 0 Å². The molecule has 0 aliphatic carbocycles. The molecule has 18 heavy (non-hydrogen) atoms. The average Bonchev–Trinajstić information content (AvgIpc) is 2.36.